The zero-order chi connectivity index (χ0) is 20.5. The van der Waals surface area contributed by atoms with Gasteiger partial charge in [-0.15, -0.1) is 0 Å². The van der Waals surface area contributed by atoms with Gasteiger partial charge in [-0.05, 0) is 74.2 Å². The number of aromatic nitrogens is 1. The number of fused-ring (bicyclic) bond motifs is 3. The molecule has 1 aromatic heterocycles. The summed E-state index contributed by atoms with van der Waals surface area (Å²) < 4.78 is 8.36. The lowest BCUT2D eigenvalue weighted by Gasteiger charge is -2.29. The Labute approximate surface area is 173 Å². The molecule has 0 spiro atoms. The van der Waals surface area contributed by atoms with E-state index >= 15 is 0 Å². The third-order valence-corrected chi connectivity index (χ3v) is 6.49. The van der Waals surface area contributed by atoms with E-state index in [9.17, 15) is 0 Å². The van der Waals surface area contributed by atoms with Crippen LogP contribution in [0.25, 0.3) is 27.9 Å². The standard InChI is InChI=1S/C25H31N3O/c1-5-21-18(3)25-23(14-19(21)16-26)22-15-20(6-7-24(22)27(25)4)29-13-12-28-10-8-17(2)9-11-28/h5-7,14-17,26H,1,8-13H2,2-4H3. The van der Waals surface area contributed by atoms with Crippen LogP contribution in [0.4, 0.5) is 0 Å². The number of piperidine rings is 1. The lowest BCUT2D eigenvalue weighted by Crippen LogP contribution is -2.35. The van der Waals surface area contributed by atoms with Crippen LogP contribution in [0.1, 0.15) is 36.5 Å². The number of nitrogens with zero attached hydrogens (tertiary/aromatic N) is 2. The van der Waals surface area contributed by atoms with Gasteiger partial charge in [0.2, 0.25) is 0 Å². The van der Waals surface area contributed by atoms with Gasteiger partial charge in [0.15, 0.2) is 0 Å². The van der Waals surface area contributed by atoms with Gasteiger partial charge in [-0.25, -0.2) is 0 Å². The van der Waals surface area contributed by atoms with E-state index in [0.29, 0.717) is 0 Å². The average Bonchev–Trinajstić information content (AvgIpc) is 3.01. The molecule has 2 heterocycles. The van der Waals surface area contributed by atoms with Crippen molar-refractivity contribution in [2.45, 2.75) is 26.7 Å². The summed E-state index contributed by atoms with van der Waals surface area (Å²) >= 11 is 0. The summed E-state index contributed by atoms with van der Waals surface area (Å²) in [5, 5.41) is 10.1. The fourth-order valence-electron chi connectivity index (χ4n) is 4.69. The minimum atomic E-state index is 0.718. The first-order valence-electron chi connectivity index (χ1n) is 10.6. The van der Waals surface area contributed by atoms with E-state index in [2.05, 4.69) is 61.2 Å². The highest BCUT2D eigenvalue weighted by molar-refractivity contribution is 6.12. The highest BCUT2D eigenvalue weighted by Gasteiger charge is 2.17. The fraction of sp³-hybridized carbons (Fsp3) is 0.400. The number of ether oxygens (including phenoxy) is 1. The van der Waals surface area contributed by atoms with Gasteiger partial charge in [0.25, 0.3) is 0 Å². The second kappa shape index (κ2) is 8.03. The lowest BCUT2D eigenvalue weighted by molar-refractivity contribution is 0.160. The summed E-state index contributed by atoms with van der Waals surface area (Å²) in [4.78, 5) is 2.51. The SMILES string of the molecule is C=Cc1c(C=N)cc2c3cc(OCCN4CCC(C)CC4)ccc3n(C)c2c1C. The van der Waals surface area contributed by atoms with E-state index < -0.39 is 0 Å². The van der Waals surface area contributed by atoms with Crippen LogP contribution >= 0.6 is 0 Å². The van der Waals surface area contributed by atoms with Crippen LogP contribution in [0.2, 0.25) is 0 Å². The molecule has 0 bridgehead atoms. The number of aryl methyl sites for hydroxylation is 2. The molecule has 0 saturated carbocycles. The molecule has 0 atom stereocenters. The van der Waals surface area contributed by atoms with Crippen molar-refractivity contribution in [1.82, 2.24) is 9.47 Å². The lowest BCUT2D eigenvalue weighted by atomic mass is 9.98. The molecule has 1 fully saturated rings. The van der Waals surface area contributed by atoms with Gasteiger partial charge in [0.1, 0.15) is 12.4 Å². The molecule has 1 aliphatic rings. The van der Waals surface area contributed by atoms with Crippen molar-refractivity contribution in [2.24, 2.45) is 13.0 Å². The first-order valence-corrected chi connectivity index (χ1v) is 10.6. The Kier molecular flexibility index (Phi) is 5.46. The third-order valence-electron chi connectivity index (χ3n) is 6.49. The molecular weight excluding hydrogens is 358 g/mol. The van der Waals surface area contributed by atoms with Crippen molar-refractivity contribution in [3.8, 4) is 5.75 Å². The predicted molar refractivity (Wildman–Crippen MR) is 123 cm³/mol. The van der Waals surface area contributed by atoms with Gasteiger partial charge in [-0.1, -0.05) is 19.6 Å². The Balaban J connectivity index is 1.63. The number of benzene rings is 2. The summed E-state index contributed by atoms with van der Waals surface area (Å²) in [6.07, 6.45) is 5.86. The van der Waals surface area contributed by atoms with Crippen LogP contribution in [0, 0.1) is 18.3 Å². The summed E-state index contributed by atoms with van der Waals surface area (Å²) in [7, 11) is 2.10. The zero-order valence-corrected chi connectivity index (χ0v) is 17.8. The van der Waals surface area contributed by atoms with Crippen molar-refractivity contribution >= 4 is 34.1 Å². The first kappa shape index (κ1) is 19.7. The number of likely N-dealkylation sites (tertiary alicyclic amines) is 1. The van der Waals surface area contributed by atoms with Crippen molar-refractivity contribution < 1.29 is 4.74 Å². The highest BCUT2D eigenvalue weighted by Crippen LogP contribution is 2.35. The number of hydrogen-bond donors (Lipinski definition) is 1. The zero-order valence-electron chi connectivity index (χ0n) is 17.8. The molecule has 0 unspecified atom stereocenters. The van der Waals surface area contributed by atoms with Crippen LogP contribution in [0.5, 0.6) is 5.75 Å². The summed E-state index contributed by atoms with van der Waals surface area (Å²) in [6.45, 7) is 12.5. The first-order chi connectivity index (χ1) is 14.0. The molecule has 2 aromatic carbocycles. The maximum atomic E-state index is 7.81. The highest BCUT2D eigenvalue weighted by atomic mass is 16.5. The molecule has 0 aliphatic carbocycles. The van der Waals surface area contributed by atoms with E-state index in [4.69, 9.17) is 10.1 Å². The monoisotopic (exact) mass is 389 g/mol. The average molecular weight is 390 g/mol. The van der Waals surface area contributed by atoms with Crippen LogP contribution < -0.4 is 4.74 Å². The van der Waals surface area contributed by atoms with E-state index in [1.165, 1.54) is 54.0 Å². The summed E-state index contributed by atoms with van der Waals surface area (Å²) in [6, 6.07) is 8.47. The minimum Gasteiger partial charge on any atom is -0.492 e. The smallest absolute Gasteiger partial charge is 0.120 e. The molecule has 29 heavy (non-hydrogen) atoms. The predicted octanol–water partition coefficient (Wildman–Crippen LogP) is 5.39. The normalized spacial score (nSPS) is 15.8. The third kappa shape index (κ3) is 3.58. The molecule has 4 heteroatoms. The number of rotatable bonds is 6. The molecule has 1 saturated heterocycles. The van der Waals surface area contributed by atoms with Gasteiger partial charge < -0.3 is 14.7 Å². The van der Waals surface area contributed by atoms with Gasteiger partial charge >= 0.3 is 0 Å². The van der Waals surface area contributed by atoms with E-state index in [0.717, 1.165) is 41.5 Å². The van der Waals surface area contributed by atoms with E-state index in [1.807, 2.05) is 6.08 Å². The Hall–Kier alpha value is -2.59. The van der Waals surface area contributed by atoms with Gasteiger partial charge in [0, 0.05) is 41.7 Å². The molecule has 152 valence electrons. The van der Waals surface area contributed by atoms with Crippen LogP contribution in [-0.4, -0.2) is 41.9 Å². The van der Waals surface area contributed by atoms with Crippen LogP contribution in [0.3, 0.4) is 0 Å². The van der Waals surface area contributed by atoms with Gasteiger partial charge in [0.05, 0.1) is 5.52 Å². The van der Waals surface area contributed by atoms with Gasteiger partial charge in [-0.3, -0.25) is 4.90 Å². The van der Waals surface area contributed by atoms with Crippen molar-refractivity contribution in [1.29, 1.82) is 5.41 Å². The topological polar surface area (TPSA) is 41.2 Å². The maximum Gasteiger partial charge on any atom is 0.120 e. The van der Waals surface area contributed by atoms with E-state index in [-0.39, 0.29) is 0 Å². The molecular formula is C25H31N3O. The Bertz CT molecular complexity index is 1070. The molecule has 1 N–H and O–H groups in total. The molecule has 1 aliphatic heterocycles. The van der Waals surface area contributed by atoms with E-state index in [1.54, 1.807) is 0 Å². The number of nitrogens with one attached hydrogen (secondary N) is 1. The fourth-order valence-corrected chi connectivity index (χ4v) is 4.69. The van der Waals surface area contributed by atoms with Crippen molar-refractivity contribution in [2.75, 3.05) is 26.2 Å². The number of hydrogen-bond acceptors (Lipinski definition) is 3. The molecule has 4 rings (SSSR count). The maximum absolute atomic E-state index is 7.81. The summed E-state index contributed by atoms with van der Waals surface area (Å²) in [5.41, 5.74) is 5.48. The molecule has 0 radical (unpaired) electrons. The molecule has 0 amide bonds. The summed E-state index contributed by atoms with van der Waals surface area (Å²) in [5.74, 6) is 1.77. The largest absolute Gasteiger partial charge is 0.492 e. The second-order valence-corrected chi connectivity index (χ2v) is 8.36. The Morgan fingerprint density at radius 2 is 1.97 bits per heavy atom. The van der Waals surface area contributed by atoms with Crippen LogP contribution in [-0.2, 0) is 7.05 Å². The quantitative estimate of drug-likeness (QED) is 0.574. The molecule has 4 nitrogen and oxygen atoms in total. The second-order valence-electron chi connectivity index (χ2n) is 8.36. The van der Waals surface area contributed by atoms with Crippen molar-refractivity contribution in [3.63, 3.8) is 0 Å². The Morgan fingerprint density at radius 1 is 1.21 bits per heavy atom. The van der Waals surface area contributed by atoms with Gasteiger partial charge in [-0.2, -0.15) is 0 Å². The molecule has 3 aromatic rings. The Morgan fingerprint density at radius 3 is 2.66 bits per heavy atom. The van der Waals surface area contributed by atoms with Crippen molar-refractivity contribution in [3.05, 3.63) is 47.5 Å². The minimum absolute atomic E-state index is 0.718. The van der Waals surface area contributed by atoms with Crippen LogP contribution in [0.15, 0.2) is 30.8 Å².